The minimum atomic E-state index is 0.545. The van der Waals surface area contributed by atoms with Gasteiger partial charge in [-0.05, 0) is 24.3 Å². The Labute approximate surface area is 153 Å². The Balaban J connectivity index is 2.95. The van der Waals surface area contributed by atoms with E-state index in [1.54, 1.807) is 24.3 Å². The summed E-state index contributed by atoms with van der Waals surface area (Å²) in [5.74, 6) is 16.1. The second-order valence-electron chi connectivity index (χ2n) is 5.44. The van der Waals surface area contributed by atoms with Crippen molar-refractivity contribution in [3.05, 3.63) is 57.6 Å². The van der Waals surface area contributed by atoms with Gasteiger partial charge in [0.05, 0.1) is 0 Å². The van der Waals surface area contributed by atoms with Gasteiger partial charge in [0.25, 0.3) is 0 Å². The molecule has 26 heavy (non-hydrogen) atoms. The molecule has 0 N–H and O–H groups in total. The summed E-state index contributed by atoms with van der Waals surface area (Å²) in [7, 11) is 0. The lowest BCUT2D eigenvalue weighted by molar-refractivity contribution is 1.62. The van der Waals surface area contributed by atoms with Crippen LogP contribution in [-0.4, -0.2) is 0 Å². The zero-order valence-electron chi connectivity index (χ0n) is 13.8. The molecule has 0 saturated heterocycles. The lowest BCUT2D eigenvalue weighted by atomic mass is 9.84. The van der Waals surface area contributed by atoms with Crippen LogP contribution in [0.25, 0.3) is 21.5 Å². The minimum Gasteiger partial charge on any atom is -0.115 e. The van der Waals surface area contributed by atoms with E-state index in [0.717, 1.165) is 0 Å². The van der Waals surface area contributed by atoms with E-state index in [-0.39, 0.29) is 0 Å². The first-order chi connectivity index (χ1) is 12.7. The van der Waals surface area contributed by atoms with Crippen LogP contribution in [0, 0.1) is 74.1 Å². The molecular formula is C26H10. The van der Waals surface area contributed by atoms with Crippen LogP contribution in [-0.2, 0) is 0 Å². The van der Waals surface area contributed by atoms with Crippen molar-refractivity contribution in [2.45, 2.75) is 0 Å². The van der Waals surface area contributed by atoms with Crippen molar-refractivity contribution in [1.29, 1.82) is 0 Å². The summed E-state index contributed by atoms with van der Waals surface area (Å²) in [6.07, 6.45) is 34.5. The van der Waals surface area contributed by atoms with Gasteiger partial charge in [0, 0.05) is 54.9 Å². The molecule has 3 rings (SSSR count). The summed E-state index contributed by atoms with van der Waals surface area (Å²) in [6, 6.07) is 7.02. The van der Waals surface area contributed by atoms with E-state index in [2.05, 4.69) is 35.5 Å². The summed E-state index contributed by atoms with van der Waals surface area (Å²) >= 11 is 0. The van der Waals surface area contributed by atoms with E-state index < -0.39 is 0 Å². The van der Waals surface area contributed by atoms with E-state index in [1.807, 2.05) is 0 Å². The first kappa shape index (κ1) is 16.4. The Kier molecular flexibility index (Phi) is 3.92. The van der Waals surface area contributed by atoms with Gasteiger partial charge >= 0.3 is 0 Å². The van der Waals surface area contributed by atoms with Crippen LogP contribution in [0.5, 0.6) is 0 Å². The molecule has 0 saturated carbocycles. The molecule has 0 heterocycles. The second-order valence-corrected chi connectivity index (χ2v) is 5.44. The zero-order valence-corrected chi connectivity index (χ0v) is 13.8. The number of rotatable bonds is 0. The minimum absolute atomic E-state index is 0.545. The van der Waals surface area contributed by atoms with Crippen LogP contribution in [0.15, 0.2) is 24.3 Å². The lowest BCUT2D eigenvalue weighted by Crippen LogP contribution is -1.99. The number of hydrogen-bond acceptors (Lipinski definition) is 0. The third-order valence-electron chi connectivity index (χ3n) is 4.32. The molecule has 0 aliphatic rings. The van der Waals surface area contributed by atoms with E-state index in [9.17, 15) is 0 Å². The van der Waals surface area contributed by atoms with E-state index in [0.29, 0.717) is 54.9 Å². The summed E-state index contributed by atoms with van der Waals surface area (Å²) < 4.78 is 0. The molecule has 0 aliphatic heterocycles. The highest BCUT2D eigenvalue weighted by Gasteiger charge is 2.20. The van der Waals surface area contributed by atoms with Gasteiger partial charge in [-0.2, -0.15) is 0 Å². The van der Waals surface area contributed by atoms with Crippen LogP contribution in [0.3, 0.4) is 0 Å². The highest BCUT2D eigenvalue weighted by atomic mass is 14.2. The summed E-state index contributed by atoms with van der Waals surface area (Å²) in [5.41, 5.74) is 3.48. The quantitative estimate of drug-likeness (QED) is 0.435. The van der Waals surface area contributed by atoms with Crippen molar-refractivity contribution in [1.82, 2.24) is 0 Å². The van der Waals surface area contributed by atoms with E-state index in [4.69, 9.17) is 38.5 Å². The zero-order chi connectivity index (χ0) is 18.8. The predicted octanol–water partition coefficient (Wildman–Crippen LogP) is 3.88. The van der Waals surface area contributed by atoms with Crippen LogP contribution >= 0.6 is 0 Å². The molecule has 0 spiro atoms. The Morgan fingerprint density at radius 2 is 0.615 bits per heavy atom. The van der Waals surface area contributed by atoms with Gasteiger partial charge in [0.15, 0.2) is 0 Å². The Hall–Kier alpha value is -4.46. The largest absolute Gasteiger partial charge is 0.115 e. The Morgan fingerprint density at radius 3 is 0.769 bits per heavy atom. The van der Waals surface area contributed by atoms with Crippen LogP contribution in [0.2, 0.25) is 0 Å². The second kappa shape index (κ2) is 6.21. The Morgan fingerprint density at radius 1 is 0.385 bits per heavy atom. The average Bonchev–Trinajstić information content (AvgIpc) is 2.70. The first-order valence-electron chi connectivity index (χ1n) is 7.55. The summed E-state index contributed by atoms with van der Waals surface area (Å²) in [4.78, 5) is 0. The molecular weight excluding hydrogens is 312 g/mol. The van der Waals surface area contributed by atoms with Crippen LogP contribution in [0.1, 0.15) is 33.4 Å². The van der Waals surface area contributed by atoms with Crippen molar-refractivity contribution in [3.8, 4) is 74.1 Å². The van der Waals surface area contributed by atoms with Crippen molar-refractivity contribution < 1.29 is 0 Å². The van der Waals surface area contributed by atoms with Gasteiger partial charge in [-0.25, -0.2) is 0 Å². The fourth-order valence-corrected chi connectivity index (χ4v) is 3.26. The van der Waals surface area contributed by atoms with E-state index >= 15 is 0 Å². The van der Waals surface area contributed by atoms with Gasteiger partial charge in [-0.3, -0.25) is 0 Å². The molecule has 0 bridgehead atoms. The molecule has 0 aliphatic carbocycles. The van der Waals surface area contributed by atoms with Crippen LogP contribution in [0.4, 0.5) is 0 Å². The van der Waals surface area contributed by atoms with Crippen molar-refractivity contribution >= 4 is 21.5 Å². The molecule has 0 fully saturated rings. The van der Waals surface area contributed by atoms with Crippen molar-refractivity contribution in [3.63, 3.8) is 0 Å². The van der Waals surface area contributed by atoms with Gasteiger partial charge in [-0.15, -0.1) is 38.5 Å². The summed E-state index contributed by atoms with van der Waals surface area (Å²) in [6.45, 7) is 0. The Bertz CT molecular complexity index is 1170. The van der Waals surface area contributed by atoms with Crippen molar-refractivity contribution in [2.75, 3.05) is 0 Å². The smallest absolute Gasteiger partial charge is 0.0426 e. The number of benzene rings is 3. The maximum atomic E-state index is 5.86. The molecule has 0 unspecified atom stereocenters. The highest BCUT2D eigenvalue weighted by Crippen LogP contribution is 2.38. The molecule has 0 atom stereocenters. The molecule has 0 aromatic heterocycles. The molecule has 0 amide bonds. The topological polar surface area (TPSA) is 0 Å². The van der Waals surface area contributed by atoms with Gasteiger partial charge in [0.2, 0.25) is 0 Å². The van der Waals surface area contributed by atoms with Crippen molar-refractivity contribution in [2.24, 2.45) is 0 Å². The SMILES string of the molecule is C#Cc1ccc(C#C)c2c(C#C)c3c(C#C)ccc(C#C)c3c(C#C)c12. The maximum Gasteiger partial charge on any atom is 0.0426 e. The fraction of sp³-hybridized carbons (Fsp3) is 0. The molecule has 0 nitrogen and oxygen atoms in total. The van der Waals surface area contributed by atoms with Gasteiger partial charge < -0.3 is 0 Å². The number of hydrogen-bond donors (Lipinski definition) is 0. The van der Waals surface area contributed by atoms with Gasteiger partial charge in [-0.1, -0.05) is 35.5 Å². The third kappa shape index (κ3) is 2.03. The standard InChI is InChI=1S/C26H10/c1-7-17-13-14-18(8-2)24-22(12-6)26-20(10-4)16-15-19(9-3)25(26)21(11-5)23(17)24/h1-6,13-16H. The lowest BCUT2D eigenvalue weighted by Gasteiger charge is -2.16. The van der Waals surface area contributed by atoms with Crippen LogP contribution < -0.4 is 0 Å². The number of terminal acetylenes is 6. The highest BCUT2D eigenvalue weighted by molar-refractivity contribution is 6.16. The molecule has 114 valence electrons. The van der Waals surface area contributed by atoms with E-state index in [1.165, 1.54) is 0 Å². The molecule has 3 aromatic carbocycles. The molecule has 3 aromatic rings. The first-order valence-corrected chi connectivity index (χ1v) is 7.55. The maximum absolute atomic E-state index is 5.86. The monoisotopic (exact) mass is 322 g/mol. The normalized spacial score (nSPS) is 9.31. The van der Waals surface area contributed by atoms with Gasteiger partial charge in [0.1, 0.15) is 0 Å². The fourth-order valence-electron chi connectivity index (χ4n) is 3.26. The summed E-state index contributed by atoms with van der Waals surface area (Å²) in [5, 5.41) is 2.60. The predicted molar refractivity (Wildman–Crippen MR) is 109 cm³/mol. The number of fused-ring (bicyclic) bond motifs is 2. The molecule has 0 heteroatoms. The molecule has 0 radical (unpaired) electrons. The average molecular weight is 322 g/mol. The third-order valence-corrected chi connectivity index (χ3v) is 4.32.